The minimum Gasteiger partial charge on any atom is -0.321 e. The third kappa shape index (κ3) is 4.39. The predicted molar refractivity (Wildman–Crippen MR) is 101 cm³/mol. The van der Waals surface area contributed by atoms with Gasteiger partial charge in [0.1, 0.15) is 0 Å². The van der Waals surface area contributed by atoms with Gasteiger partial charge in [0, 0.05) is 21.8 Å². The lowest BCUT2D eigenvalue weighted by Crippen LogP contribution is -2.13. The van der Waals surface area contributed by atoms with Crippen molar-refractivity contribution in [1.82, 2.24) is 0 Å². The van der Waals surface area contributed by atoms with E-state index in [2.05, 4.69) is 10.0 Å². The summed E-state index contributed by atoms with van der Waals surface area (Å²) >= 11 is 6.85. The molecule has 2 aromatic carbocycles. The number of hydrogen-bond donors (Lipinski definition) is 2. The van der Waals surface area contributed by atoms with Crippen LogP contribution in [0.1, 0.15) is 9.67 Å². The minimum atomic E-state index is -3.77. The summed E-state index contributed by atoms with van der Waals surface area (Å²) in [5.74, 6) is -0.357. The molecule has 0 aliphatic heterocycles. The van der Waals surface area contributed by atoms with Crippen molar-refractivity contribution in [2.45, 2.75) is 4.90 Å². The number of carbonyl (C=O) groups excluding carboxylic acids is 1. The van der Waals surface area contributed by atoms with Gasteiger partial charge >= 0.3 is 0 Å². The molecule has 3 aromatic rings. The number of nitrogens with one attached hydrogen (secondary N) is 2. The van der Waals surface area contributed by atoms with Crippen molar-refractivity contribution in [1.29, 1.82) is 0 Å². The lowest BCUT2D eigenvalue weighted by atomic mass is 10.3. The molecule has 0 unspecified atom stereocenters. The maximum atomic E-state index is 12.4. The molecule has 1 amide bonds. The summed E-state index contributed by atoms with van der Waals surface area (Å²) in [5.41, 5.74) is 1.04. The van der Waals surface area contributed by atoms with Crippen molar-refractivity contribution in [3.63, 3.8) is 0 Å². The second kappa shape index (κ2) is 7.26. The Kier molecular flexibility index (Phi) is 5.08. The van der Waals surface area contributed by atoms with E-state index in [1.165, 1.54) is 11.4 Å². The van der Waals surface area contributed by atoms with E-state index in [-0.39, 0.29) is 10.8 Å². The highest BCUT2D eigenvalue weighted by molar-refractivity contribution is 7.92. The molecule has 0 aliphatic carbocycles. The number of rotatable bonds is 5. The van der Waals surface area contributed by atoms with E-state index in [0.29, 0.717) is 21.3 Å². The number of benzene rings is 2. The zero-order valence-electron chi connectivity index (χ0n) is 12.8. The van der Waals surface area contributed by atoms with Crippen LogP contribution >= 0.6 is 22.9 Å². The van der Waals surface area contributed by atoms with Gasteiger partial charge in [-0.1, -0.05) is 29.8 Å². The predicted octanol–water partition coefficient (Wildman–Crippen LogP) is 4.45. The molecule has 3 rings (SSSR count). The van der Waals surface area contributed by atoms with E-state index >= 15 is 0 Å². The smallest absolute Gasteiger partial charge is 0.265 e. The molecular formula is C17H13ClN2O3S2. The van der Waals surface area contributed by atoms with Crippen LogP contribution in [0.25, 0.3) is 0 Å². The summed E-state index contributed by atoms with van der Waals surface area (Å²) < 4.78 is 27.3. The molecule has 0 radical (unpaired) electrons. The van der Waals surface area contributed by atoms with Crippen LogP contribution in [0.3, 0.4) is 0 Å². The first kappa shape index (κ1) is 17.5. The monoisotopic (exact) mass is 392 g/mol. The molecular weight excluding hydrogens is 380 g/mol. The van der Waals surface area contributed by atoms with Crippen LogP contribution in [0.5, 0.6) is 0 Å². The summed E-state index contributed by atoms with van der Waals surface area (Å²) in [6.45, 7) is 0. The average Bonchev–Trinajstić information content (AvgIpc) is 3.09. The van der Waals surface area contributed by atoms with Gasteiger partial charge in [-0.25, -0.2) is 8.42 Å². The first-order valence-corrected chi connectivity index (χ1v) is 9.91. The van der Waals surface area contributed by atoms with Crippen LogP contribution < -0.4 is 10.0 Å². The Morgan fingerprint density at radius 1 is 0.960 bits per heavy atom. The van der Waals surface area contributed by atoms with E-state index in [4.69, 9.17) is 11.6 Å². The van der Waals surface area contributed by atoms with Crippen molar-refractivity contribution in [2.75, 3.05) is 10.0 Å². The lowest BCUT2D eigenvalue weighted by molar-refractivity contribution is 0.103. The fraction of sp³-hybridized carbons (Fsp3) is 0. The third-order valence-electron chi connectivity index (χ3n) is 3.24. The highest BCUT2D eigenvalue weighted by atomic mass is 35.5. The second-order valence-corrected chi connectivity index (χ2v) is 8.11. The van der Waals surface area contributed by atoms with Gasteiger partial charge in [-0.15, -0.1) is 11.3 Å². The summed E-state index contributed by atoms with van der Waals surface area (Å²) in [6.07, 6.45) is 0. The number of amides is 1. The maximum Gasteiger partial charge on any atom is 0.265 e. The number of sulfonamides is 1. The number of hydrogen-bond acceptors (Lipinski definition) is 4. The zero-order valence-corrected chi connectivity index (χ0v) is 15.2. The Labute approximate surface area is 154 Å². The van der Waals surface area contributed by atoms with Gasteiger partial charge in [0.2, 0.25) is 0 Å². The van der Waals surface area contributed by atoms with Crippen LogP contribution in [0.4, 0.5) is 11.4 Å². The second-order valence-electron chi connectivity index (χ2n) is 5.08. The number of anilines is 2. The van der Waals surface area contributed by atoms with E-state index in [1.807, 2.05) is 6.07 Å². The van der Waals surface area contributed by atoms with Gasteiger partial charge in [-0.3, -0.25) is 9.52 Å². The number of para-hydroxylation sites is 1. The van der Waals surface area contributed by atoms with E-state index in [9.17, 15) is 13.2 Å². The lowest BCUT2D eigenvalue weighted by Gasteiger charge is -2.06. The Morgan fingerprint density at radius 2 is 1.64 bits per heavy atom. The van der Waals surface area contributed by atoms with Crippen LogP contribution in [-0.4, -0.2) is 14.3 Å². The quantitative estimate of drug-likeness (QED) is 0.673. The molecule has 0 bridgehead atoms. The summed E-state index contributed by atoms with van der Waals surface area (Å²) in [4.78, 5) is 12.6. The summed E-state index contributed by atoms with van der Waals surface area (Å²) in [6, 6.07) is 16.6. The first-order chi connectivity index (χ1) is 11.9. The van der Waals surface area contributed by atoms with Crippen molar-refractivity contribution < 1.29 is 13.2 Å². The van der Waals surface area contributed by atoms with E-state index in [1.54, 1.807) is 48.5 Å². The Morgan fingerprint density at radius 3 is 2.32 bits per heavy atom. The molecule has 0 atom stereocenters. The number of halogens is 1. The molecule has 0 saturated carbocycles. The van der Waals surface area contributed by atoms with Crippen molar-refractivity contribution >= 4 is 50.2 Å². The molecule has 2 N–H and O–H groups in total. The summed E-state index contributed by atoms with van der Waals surface area (Å²) in [5, 5.41) is 4.66. The molecule has 1 heterocycles. The highest BCUT2D eigenvalue weighted by Gasteiger charge is 2.19. The van der Waals surface area contributed by atoms with Crippen molar-refractivity contribution in [3.8, 4) is 0 Å². The molecule has 1 aromatic heterocycles. The number of carbonyl (C=O) groups is 1. The average molecular weight is 393 g/mol. The largest absolute Gasteiger partial charge is 0.321 e. The first-order valence-electron chi connectivity index (χ1n) is 7.17. The molecule has 0 spiro atoms. The fourth-order valence-electron chi connectivity index (χ4n) is 2.02. The Bertz CT molecular complexity index is 984. The Hall–Kier alpha value is -2.35. The third-order valence-corrected chi connectivity index (χ3v) is 5.93. The minimum absolute atomic E-state index is 0.0330. The fourth-order valence-corrected chi connectivity index (χ4v) is 4.38. The SMILES string of the molecule is O=C(Nc1ccccc1)c1cc(S(=O)(=O)Nc2ccc(Cl)cc2)cs1. The normalized spacial score (nSPS) is 11.1. The standard InChI is InChI=1S/C17H13ClN2O3S2/c18-12-6-8-14(9-7-12)20-25(22,23)15-10-16(24-11-15)17(21)19-13-4-2-1-3-5-13/h1-11,20H,(H,19,21). The molecule has 128 valence electrons. The van der Waals surface area contributed by atoms with Gasteiger partial charge in [0.15, 0.2) is 0 Å². The van der Waals surface area contributed by atoms with Crippen molar-refractivity contribution in [2.24, 2.45) is 0 Å². The van der Waals surface area contributed by atoms with Crippen LogP contribution in [0.15, 0.2) is 70.9 Å². The highest BCUT2D eigenvalue weighted by Crippen LogP contribution is 2.23. The van der Waals surface area contributed by atoms with E-state index in [0.717, 1.165) is 11.3 Å². The summed E-state index contributed by atoms with van der Waals surface area (Å²) in [7, 11) is -3.77. The van der Waals surface area contributed by atoms with Gasteiger partial charge in [-0.2, -0.15) is 0 Å². The van der Waals surface area contributed by atoms with Crippen LogP contribution in [0.2, 0.25) is 5.02 Å². The van der Waals surface area contributed by atoms with Gasteiger partial charge < -0.3 is 5.32 Å². The molecule has 0 saturated heterocycles. The molecule has 5 nitrogen and oxygen atoms in total. The van der Waals surface area contributed by atoms with Crippen molar-refractivity contribution in [3.05, 3.63) is 75.9 Å². The molecule has 25 heavy (non-hydrogen) atoms. The number of thiophene rings is 1. The van der Waals surface area contributed by atoms with E-state index < -0.39 is 10.0 Å². The maximum absolute atomic E-state index is 12.4. The zero-order chi connectivity index (χ0) is 17.9. The molecule has 8 heteroatoms. The molecule has 0 fully saturated rings. The van der Waals surface area contributed by atoms with Gasteiger partial charge in [-0.05, 0) is 42.5 Å². The van der Waals surface area contributed by atoms with Crippen LogP contribution in [-0.2, 0) is 10.0 Å². The van der Waals surface area contributed by atoms with Gasteiger partial charge in [0.05, 0.1) is 9.77 Å². The topological polar surface area (TPSA) is 75.3 Å². The Balaban J connectivity index is 1.75. The van der Waals surface area contributed by atoms with Gasteiger partial charge in [0.25, 0.3) is 15.9 Å². The molecule has 0 aliphatic rings. The van der Waals surface area contributed by atoms with Crippen LogP contribution in [0, 0.1) is 0 Å².